The van der Waals surface area contributed by atoms with Gasteiger partial charge in [-0.3, -0.25) is 43.9 Å². The van der Waals surface area contributed by atoms with Crippen LogP contribution in [0.1, 0.15) is 138 Å². The summed E-state index contributed by atoms with van der Waals surface area (Å²) < 4.78 is 29.4. The molecule has 0 saturated carbocycles. The van der Waals surface area contributed by atoms with Gasteiger partial charge >= 0.3 is 0 Å². The van der Waals surface area contributed by atoms with Crippen molar-refractivity contribution in [3.05, 3.63) is 170 Å². The predicted molar refractivity (Wildman–Crippen MR) is 418 cm³/mol. The van der Waals surface area contributed by atoms with Crippen molar-refractivity contribution in [2.45, 2.75) is 152 Å². The van der Waals surface area contributed by atoms with Crippen LogP contribution in [0, 0.1) is 27.9 Å². The van der Waals surface area contributed by atoms with Gasteiger partial charge in [-0.15, -0.1) is 23.1 Å². The third kappa shape index (κ3) is 22.0. The first-order valence-corrected chi connectivity index (χ1v) is 40.4. The Balaban J connectivity index is 0.647. The van der Waals surface area contributed by atoms with Crippen LogP contribution in [0.5, 0.6) is 0 Å². The Kier molecular flexibility index (Phi) is 27.5. The molecule has 1 unspecified atom stereocenters. The number of β-amino-alcohol motifs (C(OH)–C–C–N with tert-alkyl or cyclic N) is 1. The number of aromatic nitrogens is 1. The number of unbranched alkanes of at least 4 members (excludes halogenated alkanes) is 3. The number of sulfonamides is 1. The number of piperazine rings is 2. The average molecular weight is 1510 g/mol. The summed E-state index contributed by atoms with van der Waals surface area (Å²) in [5.74, 6) is -1.10. The number of aliphatic hydroxyl groups is 1. The molecule has 105 heavy (non-hydrogen) atoms. The number of halogens is 1. The average Bonchev–Trinajstić information content (AvgIpc) is 1.77. The number of likely N-dealkylation sites (tertiary alicyclic amines) is 1. The molecule has 6 aromatic rings. The summed E-state index contributed by atoms with van der Waals surface area (Å²) in [7, 11) is -0.588. The summed E-state index contributed by atoms with van der Waals surface area (Å²) in [4.78, 5) is 99.3. The second-order valence-electron chi connectivity index (χ2n) is 30.3. The second-order valence-corrected chi connectivity index (χ2v) is 34.3. The van der Waals surface area contributed by atoms with E-state index in [2.05, 4.69) is 59.4 Å². The van der Waals surface area contributed by atoms with Crippen LogP contribution in [0.4, 0.5) is 17.1 Å². The lowest BCUT2D eigenvalue weighted by molar-refractivity contribution is -0.384. The van der Waals surface area contributed by atoms with E-state index in [0.717, 1.165) is 129 Å². The molecule has 4 aliphatic rings. The zero-order chi connectivity index (χ0) is 75.2. The molecule has 4 heterocycles. The number of hydrogen-bond acceptors (Lipinski definition) is 18. The van der Waals surface area contributed by atoms with Crippen LogP contribution in [-0.2, 0) is 29.2 Å². The molecule has 0 spiro atoms. The molecule has 0 radical (unpaired) electrons. The van der Waals surface area contributed by atoms with Crippen LogP contribution in [0.3, 0.4) is 0 Å². The van der Waals surface area contributed by atoms with Gasteiger partial charge < -0.3 is 40.7 Å². The molecule has 5 amide bonds. The summed E-state index contributed by atoms with van der Waals surface area (Å²) in [5, 5.41) is 33.2. The molecule has 5 aromatic carbocycles. The Hall–Kier alpha value is -7.75. The highest BCUT2D eigenvalue weighted by Crippen LogP contribution is 2.44. The number of allylic oxidation sites excluding steroid dienone is 1. The van der Waals surface area contributed by atoms with Gasteiger partial charge in [0.1, 0.15) is 17.8 Å². The molecule has 1 aliphatic carbocycles. The normalized spacial score (nSPS) is 19.3. The van der Waals surface area contributed by atoms with Gasteiger partial charge in [0, 0.05) is 130 Å². The molecular formula is C79H103ClN12O10S3. The fraction of sp³-hybridized carbons (Fsp3) is 0.494. The van der Waals surface area contributed by atoms with Crippen molar-refractivity contribution in [2.75, 3.05) is 109 Å². The minimum absolute atomic E-state index is 0.00862. The van der Waals surface area contributed by atoms with E-state index >= 15 is 0 Å². The standard InChI is InChI=1S/C79H103ClN12O10S3/c1-54(56-20-22-58(23-21-56)73-55(2)81-53-104-73)82-76(97)70-46-64(93)50-91(70)77(98)74(78(3,4)5)84-71(94)18-14-9-10-15-19-72(95)90-44-40-88(41-45-90)52-79(6)36-34-67(57-24-28-61(80)29-25-57)60(48-79)49-87-38-42-89(43-39-87)63-30-26-59(27-31-63)75(96)85-105(101,102)66-32-33-68(69(47-66)92(99)100)83-62(35-37-86(7)8)51-103-65-16-12-11-13-17-65/h11-13,16-17,20-33,47,53-54,62,64,70,74,83,93H,9-10,14-15,18-19,34-46,48-52H2,1-8H3,(H,82,97)(H,84,94)(H,85,96)/t54-,62+,64+,70-,74+,79?/m0/s1. The monoisotopic (exact) mass is 1510 g/mol. The first-order chi connectivity index (χ1) is 50.1. The number of aryl methyl sites for hydroxylation is 1. The molecule has 564 valence electrons. The number of benzene rings is 5. The van der Waals surface area contributed by atoms with Crippen molar-refractivity contribution in [3.63, 3.8) is 0 Å². The van der Waals surface area contributed by atoms with Crippen molar-refractivity contribution < 1.29 is 42.4 Å². The Labute approximate surface area is 632 Å². The lowest BCUT2D eigenvalue weighted by atomic mass is 9.71. The van der Waals surface area contributed by atoms with Gasteiger partial charge in [0.15, 0.2) is 0 Å². The topological polar surface area (TPSA) is 263 Å². The highest BCUT2D eigenvalue weighted by Gasteiger charge is 2.45. The smallest absolute Gasteiger partial charge is 0.293 e. The number of nitrogens with zero attached hydrogens (tertiary/aromatic N) is 8. The SMILES string of the molecule is Cc1ncsc1-c1ccc([C@H](C)NC(=O)[C@@H]2C[C@@H](O)CN2C(=O)[C@@H](NC(=O)CCCCCCC(=O)N2CCN(CC3(C)CCC(c4ccc(Cl)cc4)=C(CN4CCN(c5ccc(C(=O)NS(=O)(=O)c6ccc(N[C@H](CCN(C)C)CSc7ccccc7)c([N+](=O)[O-])c6)cc5)CC4)C3)CC2)C(C)(C)C)cc1. The zero-order valence-electron chi connectivity index (χ0n) is 61.8. The summed E-state index contributed by atoms with van der Waals surface area (Å²) in [5.41, 5.74) is 8.84. The van der Waals surface area contributed by atoms with Crippen LogP contribution < -0.4 is 25.6 Å². The van der Waals surface area contributed by atoms with Gasteiger partial charge in [-0.05, 0) is 167 Å². The third-order valence-corrected chi connectivity index (χ3v) is 24.4. The first kappa shape index (κ1) is 79.8. The van der Waals surface area contributed by atoms with Crippen LogP contribution in [-0.4, -0.2) is 200 Å². The van der Waals surface area contributed by atoms with E-state index in [-0.39, 0.29) is 65.9 Å². The molecule has 1 aromatic heterocycles. The number of thioether (sulfide) groups is 1. The Morgan fingerprint density at radius 2 is 1.50 bits per heavy atom. The Bertz CT molecular complexity index is 4120. The predicted octanol–water partition coefficient (Wildman–Crippen LogP) is 11.9. The van der Waals surface area contributed by atoms with Gasteiger partial charge in [0.2, 0.25) is 23.6 Å². The van der Waals surface area contributed by atoms with E-state index < -0.39 is 60.9 Å². The van der Waals surface area contributed by atoms with Crippen LogP contribution in [0.2, 0.25) is 5.02 Å². The van der Waals surface area contributed by atoms with E-state index in [1.54, 1.807) is 35.2 Å². The number of nitrogens with one attached hydrogen (secondary N) is 4. The van der Waals surface area contributed by atoms with Crippen molar-refractivity contribution in [1.82, 2.24) is 44.8 Å². The number of thiazole rings is 1. The highest BCUT2D eigenvalue weighted by molar-refractivity contribution is 7.99. The van der Waals surface area contributed by atoms with E-state index in [0.29, 0.717) is 49.5 Å². The number of carbonyl (C=O) groups is 5. The van der Waals surface area contributed by atoms with Crippen molar-refractivity contribution in [1.29, 1.82) is 0 Å². The quantitative estimate of drug-likeness (QED) is 0.0117. The van der Waals surface area contributed by atoms with Gasteiger partial charge in [-0.25, -0.2) is 18.1 Å². The van der Waals surface area contributed by atoms with E-state index in [1.165, 1.54) is 33.7 Å². The fourth-order valence-electron chi connectivity index (χ4n) is 14.6. The largest absolute Gasteiger partial charge is 0.391 e. The number of anilines is 2. The van der Waals surface area contributed by atoms with Crippen LogP contribution in [0.25, 0.3) is 16.0 Å². The minimum atomic E-state index is -4.50. The molecule has 26 heteroatoms. The lowest BCUT2D eigenvalue weighted by Crippen LogP contribution is -2.57. The molecule has 22 nitrogen and oxygen atoms in total. The zero-order valence-corrected chi connectivity index (χ0v) is 65.0. The van der Waals surface area contributed by atoms with Gasteiger partial charge in [0.05, 0.1) is 38.0 Å². The second kappa shape index (κ2) is 36.2. The number of rotatable bonds is 31. The van der Waals surface area contributed by atoms with E-state index in [9.17, 15) is 47.6 Å². The molecule has 3 aliphatic heterocycles. The number of hydrogen-bond donors (Lipinski definition) is 5. The van der Waals surface area contributed by atoms with Gasteiger partial charge in [0.25, 0.3) is 21.6 Å². The molecule has 6 atom stereocenters. The molecule has 0 bridgehead atoms. The van der Waals surface area contributed by atoms with Crippen molar-refractivity contribution in [3.8, 4) is 10.4 Å². The van der Waals surface area contributed by atoms with Crippen LogP contribution in [0.15, 0.2) is 142 Å². The number of amides is 5. The molecule has 10 rings (SSSR count). The van der Waals surface area contributed by atoms with Gasteiger partial charge in [-0.2, -0.15) is 0 Å². The first-order valence-electron chi connectivity index (χ1n) is 36.7. The summed E-state index contributed by atoms with van der Waals surface area (Å²) >= 11 is 9.60. The fourth-order valence-corrected chi connectivity index (χ4v) is 17.5. The number of nitro benzene ring substituents is 1. The lowest BCUT2D eigenvalue weighted by Gasteiger charge is -2.44. The summed E-state index contributed by atoms with van der Waals surface area (Å²) in [6, 6.07) is 34.1. The maximum Gasteiger partial charge on any atom is 0.293 e. The Morgan fingerprint density at radius 1 is 0.838 bits per heavy atom. The molecule has 3 saturated heterocycles. The minimum Gasteiger partial charge on any atom is -0.391 e. The molecular weight excluding hydrogens is 1410 g/mol. The van der Waals surface area contributed by atoms with Gasteiger partial charge in [-0.1, -0.05) is 112 Å². The number of carbonyl (C=O) groups excluding carboxylic acids is 5. The van der Waals surface area contributed by atoms with Crippen LogP contribution >= 0.6 is 34.7 Å². The van der Waals surface area contributed by atoms with E-state index in [4.69, 9.17) is 11.6 Å². The van der Waals surface area contributed by atoms with Crippen molar-refractivity contribution >= 4 is 96.9 Å². The van der Waals surface area contributed by atoms with Crippen molar-refractivity contribution in [2.24, 2.45) is 10.8 Å². The Morgan fingerprint density at radius 3 is 2.15 bits per heavy atom. The number of nitro groups is 1. The maximum absolute atomic E-state index is 14.3. The maximum atomic E-state index is 14.3. The summed E-state index contributed by atoms with van der Waals surface area (Å²) in [6.07, 6.45) is 6.30. The van der Waals surface area contributed by atoms with E-state index in [1.807, 2.05) is 143 Å². The summed E-state index contributed by atoms with van der Waals surface area (Å²) in [6.45, 7) is 20.4. The molecule has 5 N–H and O–H groups in total. The highest BCUT2D eigenvalue weighted by atomic mass is 35.5. The number of aliphatic hydroxyl groups excluding tert-OH is 1. The molecule has 3 fully saturated rings. The third-order valence-electron chi connectivity index (χ3n) is 20.6.